The van der Waals surface area contributed by atoms with Gasteiger partial charge in [0, 0.05) is 32.7 Å². The van der Waals surface area contributed by atoms with Crippen molar-refractivity contribution in [2.75, 3.05) is 39.8 Å². The number of rotatable bonds is 7. The van der Waals surface area contributed by atoms with E-state index in [1.807, 2.05) is 6.92 Å². The van der Waals surface area contributed by atoms with Crippen LogP contribution in [0.3, 0.4) is 0 Å². The van der Waals surface area contributed by atoms with Gasteiger partial charge in [0.2, 0.25) is 11.8 Å². The largest absolute Gasteiger partial charge is 0.353 e. The van der Waals surface area contributed by atoms with Crippen LogP contribution in [0.15, 0.2) is 0 Å². The van der Waals surface area contributed by atoms with Crippen LogP contribution in [0.5, 0.6) is 0 Å². The number of amides is 4. The molecule has 0 saturated carbocycles. The Hall–Kier alpha value is -1.63. The number of nitrogens with zero attached hydrogens (tertiary/aromatic N) is 3. The third kappa shape index (κ3) is 4.69. The molecule has 0 aliphatic carbocycles. The number of piperidine rings is 1. The maximum absolute atomic E-state index is 12.4. The Kier molecular flexibility index (Phi) is 6.60. The van der Waals surface area contributed by atoms with Gasteiger partial charge >= 0.3 is 6.03 Å². The summed E-state index contributed by atoms with van der Waals surface area (Å²) in [7, 11) is 1.64. The van der Waals surface area contributed by atoms with Gasteiger partial charge in [-0.2, -0.15) is 0 Å². The second-order valence-corrected chi connectivity index (χ2v) is 7.02. The predicted octanol–water partition coefficient (Wildman–Crippen LogP) is 0.897. The van der Waals surface area contributed by atoms with Gasteiger partial charge in [-0.1, -0.05) is 13.3 Å². The molecule has 0 radical (unpaired) electrons. The van der Waals surface area contributed by atoms with Gasteiger partial charge in [0.1, 0.15) is 6.54 Å². The number of hydrogen-bond donors (Lipinski definition) is 1. The first kappa shape index (κ1) is 18.7. The number of likely N-dealkylation sites (N-methyl/N-ethyl adjacent to an activating group) is 1. The Morgan fingerprint density at radius 3 is 2.71 bits per heavy atom. The van der Waals surface area contributed by atoms with Crippen LogP contribution in [0.2, 0.25) is 0 Å². The van der Waals surface area contributed by atoms with Gasteiger partial charge in [-0.25, -0.2) is 4.79 Å². The molecular weight excluding hydrogens is 308 g/mol. The molecule has 2 saturated heterocycles. The van der Waals surface area contributed by atoms with Crippen LogP contribution in [0.1, 0.15) is 39.5 Å². The summed E-state index contributed by atoms with van der Waals surface area (Å²) < 4.78 is 0. The van der Waals surface area contributed by atoms with E-state index in [1.165, 1.54) is 9.80 Å². The van der Waals surface area contributed by atoms with Gasteiger partial charge in [-0.05, 0) is 32.7 Å². The maximum Gasteiger partial charge on any atom is 0.327 e. The SMILES string of the molecule is CCCC(C)NC(=O)C1CCCN(CCN2C(=O)CN(C)C2=O)C1. The highest BCUT2D eigenvalue weighted by molar-refractivity contribution is 6.01. The summed E-state index contributed by atoms with van der Waals surface area (Å²) in [5, 5.41) is 3.10. The van der Waals surface area contributed by atoms with E-state index in [-0.39, 0.29) is 36.3 Å². The molecular formula is C17H30N4O3. The van der Waals surface area contributed by atoms with Crippen LogP contribution in [-0.2, 0) is 9.59 Å². The Labute approximate surface area is 144 Å². The average Bonchev–Trinajstić information content (AvgIpc) is 2.78. The van der Waals surface area contributed by atoms with E-state index in [9.17, 15) is 14.4 Å². The highest BCUT2D eigenvalue weighted by Gasteiger charge is 2.34. The molecule has 2 aliphatic heterocycles. The standard InChI is InChI=1S/C17H30N4O3/c1-4-6-13(2)18-16(23)14-7-5-8-20(11-14)9-10-21-15(22)12-19(3)17(21)24/h13-14H,4-12H2,1-3H3,(H,18,23). The minimum atomic E-state index is -0.223. The minimum Gasteiger partial charge on any atom is -0.353 e. The monoisotopic (exact) mass is 338 g/mol. The van der Waals surface area contributed by atoms with Gasteiger partial charge < -0.3 is 15.1 Å². The first-order valence-electron chi connectivity index (χ1n) is 9.00. The quantitative estimate of drug-likeness (QED) is 0.700. The molecule has 2 aliphatic rings. The van der Waals surface area contributed by atoms with Crippen LogP contribution in [0.4, 0.5) is 4.79 Å². The molecule has 2 atom stereocenters. The molecule has 2 fully saturated rings. The lowest BCUT2D eigenvalue weighted by Gasteiger charge is -2.33. The fourth-order valence-electron chi connectivity index (χ4n) is 3.47. The smallest absolute Gasteiger partial charge is 0.327 e. The molecule has 7 nitrogen and oxygen atoms in total. The van der Waals surface area contributed by atoms with Crippen LogP contribution in [0, 0.1) is 5.92 Å². The van der Waals surface area contributed by atoms with Crippen molar-refractivity contribution in [2.45, 2.75) is 45.6 Å². The first-order valence-corrected chi connectivity index (χ1v) is 9.00. The summed E-state index contributed by atoms with van der Waals surface area (Å²) in [5.41, 5.74) is 0. The molecule has 1 N–H and O–H groups in total. The summed E-state index contributed by atoms with van der Waals surface area (Å²) >= 11 is 0. The van der Waals surface area contributed by atoms with E-state index in [1.54, 1.807) is 7.05 Å². The summed E-state index contributed by atoms with van der Waals surface area (Å²) in [6.07, 6.45) is 3.94. The van der Waals surface area contributed by atoms with Crippen LogP contribution in [0.25, 0.3) is 0 Å². The summed E-state index contributed by atoms with van der Waals surface area (Å²) in [6.45, 7) is 6.99. The molecule has 2 unspecified atom stereocenters. The third-order valence-corrected chi connectivity index (χ3v) is 4.86. The molecule has 4 amide bonds. The fraction of sp³-hybridized carbons (Fsp3) is 0.824. The number of urea groups is 1. The van der Waals surface area contributed by atoms with E-state index in [0.29, 0.717) is 19.6 Å². The summed E-state index contributed by atoms with van der Waals surface area (Å²) in [4.78, 5) is 41.0. The van der Waals surface area contributed by atoms with E-state index in [0.717, 1.165) is 32.2 Å². The van der Waals surface area contributed by atoms with E-state index >= 15 is 0 Å². The molecule has 2 heterocycles. The molecule has 7 heteroatoms. The zero-order chi connectivity index (χ0) is 17.7. The molecule has 0 spiro atoms. The summed E-state index contributed by atoms with van der Waals surface area (Å²) in [6, 6.07) is -0.00653. The van der Waals surface area contributed by atoms with E-state index in [2.05, 4.69) is 17.1 Å². The molecule has 24 heavy (non-hydrogen) atoms. The third-order valence-electron chi connectivity index (χ3n) is 4.86. The number of imide groups is 1. The lowest BCUT2D eigenvalue weighted by molar-refractivity contribution is -0.128. The number of likely N-dealkylation sites (tertiary alicyclic amines) is 1. The topological polar surface area (TPSA) is 73.0 Å². The van der Waals surface area contributed by atoms with Gasteiger partial charge in [-0.15, -0.1) is 0 Å². The first-order chi connectivity index (χ1) is 11.4. The highest BCUT2D eigenvalue weighted by atomic mass is 16.2. The second-order valence-electron chi connectivity index (χ2n) is 7.02. The van der Waals surface area contributed by atoms with Crippen molar-refractivity contribution in [3.63, 3.8) is 0 Å². The number of hydrogen-bond acceptors (Lipinski definition) is 4. The number of carbonyl (C=O) groups excluding carboxylic acids is 3. The van der Waals surface area contributed by atoms with Crippen molar-refractivity contribution >= 4 is 17.8 Å². The van der Waals surface area contributed by atoms with Crippen LogP contribution >= 0.6 is 0 Å². The molecule has 0 aromatic heterocycles. The molecule has 0 aromatic carbocycles. The van der Waals surface area contributed by atoms with Crippen molar-refractivity contribution < 1.29 is 14.4 Å². The Bertz CT molecular complexity index is 482. The van der Waals surface area contributed by atoms with E-state index < -0.39 is 0 Å². The molecule has 0 bridgehead atoms. The van der Waals surface area contributed by atoms with Gasteiger partial charge in [0.05, 0.1) is 5.92 Å². The predicted molar refractivity (Wildman–Crippen MR) is 91.4 cm³/mol. The number of carbonyl (C=O) groups is 3. The second kappa shape index (κ2) is 8.46. The van der Waals surface area contributed by atoms with Crippen molar-refractivity contribution in [3.8, 4) is 0 Å². The van der Waals surface area contributed by atoms with Crippen molar-refractivity contribution in [3.05, 3.63) is 0 Å². The van der Waals surface area contributed by atoms with Crippen molar-refractivity contribution in [1.29, 1.82) is 0 Å². The van der Waals surface area contributed by atoms with Crippen molar-refractivity contribution in [1.82, 2.24) is 20.0 Å². The normalized spacial score (nSPS) is 23.7. The lowest BCUT2D eigenvalue weighted by atomic mass is 9.96. The van der Waals surface area contributed by atoms with Gasteiger partial charge in [0.25, 0.3) is 0 Å². The fourth-order valence-corrected chi connectivity index (χ4v) is 3.47. The lowest BCUT2D eigenvalue weighted by Crippen LogP contribution is -2.47. The van der Waals surface area contributed by atoms with Gasteiger partial charge in [-0.3, -0.25) is 14.5 Å². The number of nitrogens with one attached hydrogen (secondary N) is 1. The molecule has 136 valence electrons. The minimum absolute atomic E-state index is 0.00529. The summed E-state index contributed by atoms with van der Waals surface area (Å²) in [5.74, 6) is 0.00149. The zero-order valence-corrected chi connectivity index (χ0v) is 15.1. The zero-order valence-electron chi connectivity index (χ0n) is 15.1. The molecule has 0 aromatic rings. The maximum atomic E-state index is 12.4. The van der Waals surface area contributed by atoms with Gasteiger partial charge in [0.15, 0.2) is 0 Å². The average molecular weight is 338 g/mol. The Morgan fingerprint density at radius 1 is 1.33 bits per heavy atom. The Morgan fingerprint density at radius 2 is 2.08 bits per heavy atom. The van der Waals surface area contributed by atoms with Crippen LogP contribution in [-0.4, -0.2) is 78.4 Å². The van der Waals surface area contributed by atoms with Crippen molar-refractivity contribution in [2.24, 2.45) is 5.92 Å². The Balaban J connectivity index is 1.79. The van der Waals surface area contributed by atoms with E-state index in [4.69, 9.17) is 0 Å². The molecule has 2 rings (SSSR count). The van der Waals surface area contributed by atoms with Crippen LogP contribution < -0.4 is 5.32 Å². The highest BCUT2D eigenvalue weighted by Crippen LogP contribution is 2.17.